The van der Waals surface area contributed by atoms with E-state index in [1.807, 2.05) is 20.8 Å². The van der Waals surface area contributed by atoms with E-state index in [1.54, 1.807) is 0 Å². The molecule has 2 unspecified atom stereocenters. The number of piperidine rings is 1. The summed E-state index contributed by atoms with van der Waals surface area (Å²) >= 11 is 0. The smallest absolute Gasteiger partial charge is 0.237 e. The lowest BCUT2D eigenvalue weighted by Gasteiger charge is -2.38. The SMILES string of the molecule is CCC(C)NC(=O)C(C)N1CCC(C)(O)CC1. The fraction of sp³-hybridized carbons (Fsp3) is 0.923. The predicted molar refractivity (Wildman–Crippen MR) is 68.8 cm³/mol. The lowest BCUT2D eigenvalue weighted by atomic mass is 9.93. The molecule has 100 valence electrons. The minimum Gasteiger partial charge on any atom is -0.390 e. The highest BCUT2D eigenvalue weighted by Crippen LogP contribution is 2.22. The molecule has 4 heteroatoms. The van der Waals surface area contributed by atoms with Gasteiger partial charge in [-0.25, -0.2) is 0 Å². The summed E-state index contributed by atoms with van der Waals surface area (Å²) in [5.41, 5.74) is -0.552. The number of carbonyl (C=O) groups excluding carboxylic acids is 1. The van der Waals surface area contributed by atoms with E-state index in [-0.39, 0.29) is 18.0 Å². The largest absolute Gasteiger partial charge is 0.390 e. The monoisotopic (exact) mass is 242 g/mol. The lowest BCUT2D eigenvalue weighted by molar-refractivity contribution is -0.128. The van der Waals surface area contributed by atoms with Crippen LogP contribution in [0.25, 0.3) is 0 Å². The number of nitrogens with zero attached hydrogens (tertiary/aromatic N) is 1. The van der Waals surface area contributed by atoms with E-state index in [1.165, 1.54) is 0 Å². The van der Waals surface area contributed by atoms with Crippen molar-refractivity contribution in [3.05, 3.63) is 0 Å². The summed E-state index contributed by atoms with van der Waals surface area (Å²) in [5, 5.41) is 12.9. The third kappa shape index (κ3) is 4.28. The summed E-state index contributed by atoms with van der Waals surface area (Å²) in [4.78, 5) is 14.1. The Morgan fingerprint density at radius 2 is 1.94 bits per heavy atom. The van der Waals surface area contributed by atoms with Gasteiger partial charge in [-0.1, -0.05) is 6.92 Å². The molecule has 0 aliphatic carbocycles. The van der Waals surface area contributed by atoms with Crippen LogP contribution in [0, 0.1) is 0 Å². The normalized spacial score (nSPS) is 24.1. The maximum Gasteiger partial charge on any atom is 0.237 e. The minimum atomic E-state index is -0.552. The van der Waals surface area contributed by atoms with Crippen LogP contribution in [0.4, 0.5) is 0 Å². The Labute approximate surface area is 104 Å². The quantitative estimate of drug-likeness (QED) is 0.777. The molecule has 2 atom stereocenters. The van der Waals surface area contributed by atoms with Gasteiger partial charge in [-0.2, -0.15) is 0 Å². The van der Waals surface area contributed by atoms with Gasteiger partial charge in [0.05, 0.1) is 11.6 Å². The van der Waals surface area contributed by atoms with Crippen LogP contribution in [0.15, 0.2) is 0 Å². The summed E-state index contributed by atoms with van der Waals surface area (Å²) < 4.78 is 0. The molecule has 0 radical (unpaired) electrons. The zero-order valence-corrected chi connectivity index (χ0v) is 11.5. The number of hydrogen-bond acceptors (Lipinski definition) is 3. The molecule has 1 aliphatic rings. The molecule has 0 bridgehead atoms. The molecule has 1 rings (SSSR count). The van der Waals surface area contributed by atoms with Crippen LogP contribution >= 0.6 is 0 Å². The van der Waals surface area contributed by atoms with Gasteiger partial charge in [0.1, 0.15) is 0 Å². The Hall–Kier alpha value is -0.610. The highest BCUT2D eigenvalue weighted by Gasteiger charge is 2.31. The molecule has 0 aromatic heterocycles. The van der Waals surface area contributed by atoms with Crippen LogP contribution in [-0.4, -0.2) is 46.7 Å². The molecule has 1 fully saturated rings. The van der Waals surface area contributed by atoms with Crippen LogP contribution < -0.4 is 5.32 Å². The average molecular weight is 242 g/mol. The Balaban J connectivity index is 2.43. The molecule has 0 aromatic carbocycles. The first-order chi connectivity index (χ1) is 7.85. The van der Waals surface area contributed by atoms with Gasteiger partial charge in [-0.3, -0.25) is 9.69 Å². The van der Waals surface area contributed by atoms with Gasteiger partial charge < -0.3 is 10.4 Å². The van der Waals surface area contributed by atoms with E-state index in [4.69, 9.17) is 0 Å². The number of likely N-dealkylation sites (tertiary alicyclic amines) is 1. The van der Waals surface area contributed by atoms with Gasteiger partial charge in [0.2, 0.25) is 5.91 Å². The second kappa shape index (κ2) is 5.83. The van der Waals surface area contributed by atoms with E-state index in [0.29, 0.717) is 0 Å². The van der Waals surface area contributed by atoms with Gasteiger partial charge in [0, 0.05) is 19.1 Å². The van der Waals surface area contributed by atoms with Gasteiger partial charge in [0.15, 0.2) is 0 Å². The van der Waals surface area contributed by atoms with Gasteiger partial charge in [0.25, 0.3) is 0 Å². The third-order valence-corrected chi connectivity index (χ3v) is 3.80. The fourth-order valence-electron chi connectivity index (χ4n) is 2.02. The second-order valence-corrected chi connectivity index (χ2v) is 5.53. The van der Waals surface area contributed by atoms with Gasteiger partial charge in [-0.15, -0.1) is 0 Å². The molecule has 17 heavy (non-hydrogen) atoms. The average Bonchev–Trinajstić information content (AvgIpc) is 2.27. The Morgan fingerprint density at radius 3 is 2.41 bits per heavy atom. The van der Waals surface area contributed by atoms with E-state index in [9.17, 15) is 9.90 Å². The topological polar surface area (TPSA) is 52.6 Å². The van der Waals surface area contributed by atoms with Crippen molar-refractivity contribution in [1.29, 1.82) is 0 Å². The minimum absolute atomic E-state index is 0.0971. The summed E-state index contributed by atoms with van der Waals surface area (Å²) in [5.74, 6) is 0.0980. The van der Waals surface area contributed by atoms with Gasteiger partial charge >= 0.3 is 0 Å². The Kier molecular flexibility index (Phi) is 4.95. The molecule has 2 N–H and O–H groups in total. The van der Waals surface area contributed by atoms with Crippen LogP contribution in [0.2, 0.25) is 0 Å². The van der Waals surface area contributed by atoms with E-state index >= 15 is 0 Å². The standard InChI is InChI=1S/C13H26N2O2/c1-5-10(2)14-12(16)11(3)15-8-6-13(4,17)7-9-15/h10-11,17H,5-9H2,1-4H3,(H,14,16). The molecule has 0 aromatic rings. The number of aliphatic hydroxyl groups is 1. The molecule has 1 heterocycles. The lowest BCUT2D eigenvalue weighted by Crippen LogP contribution is -2.52. The van der Waals surface area contributed by atoms with E-state index in [2.05, 4.69) is 17.1 Å². The zero-order valence-electron chi connectivity index (χ0n) is 11.5. The van der Waals surface area contributed by atoms with Crippen molar-refractivity contribution in [3.63, 3.8) is 0 Å². The molecule has 0 spiro atoms. The molecular formula is C13H26N2O2. The van der Waals surface area contributed by atoms with Crippen molar-refractivity contribution in [2.24, 2.45) is 0 Å². The summed E-state index contributed by atoms with van der Waals surface area (Å²) in [6.07, 6.45) is 2.44. The van der Waals surface area contributed by atoms with Crippen molar-refractivity contribution in [3.8, 4) is 0 Å². The van der Waals surface area contributed by atoms with Crippen molar-refractivity contribution in [2.75, 3.05) is 13.1 Å². The number of amides is 1. The number of hydrogen-bond donors (Lipinski definition) is 2. The summed E-state index contributed by atoms with van der Waals surface area (Å²) in [6, 6.07) is 0.137. The summed E-state index contributed by atoms with van der Waals surface area (Å²) in [7, 11) is 0. The second-order valence-electron chi connectivity index (χ2n) is 5.53. The molecule has 0 saturated carbocycles. The third-order valence-electron chi connectivity index (χ3n) is 3.80. The summed E-state index contributed by atoms with van der Waals surface area (Å²) in [6.45, 7) is 9.48. The predicted octanol–water partition coefficient (Wildman–Crippen LogP) is 1.14. The van der Waals surface area contributed by atoms with Crippen molar-refractivity contribution < 1.29 is 9.90 Å². The number of carbonyl (C=O) groups is 1. The Morgan fingerprint density at radius 1 is 1.41 bits per heavy atom. The molecule has 1 saturated heterocycles. The van der Waals surface area contributed by atoms with Crippen molar-refractivity contribution in [1.82, 2.24) is 10.2 Å². The number of nitrogens with one attached hydrogen (secondary N) is 1. The molecule has 4 nitrogen and oxygen atoms in total. The Bertz CT molecular complexity index is 256. The van der Waals surface area contributed by atoms with Crippen LogP contribution in [-0.2, 0) is 4.79 Å². The fourth-order valence-corrected chi connectivity index (χ4v) is 2.02. The van der Waals surface area contributed by atoms with E-state index < -0.39 is 5.60 Å². The van der Waals surface area contributed by atoms with Gasteiger partial charge in [-0.05, 0) is 40.0 Å². The first-order valence-electron chi connectivity index (χ1n) is 6.62. The molecule has 1 amide bonds. The highest BCUT2D eigenvalue weighted by molar-refractivity contribution is 5.81. The first-order valence-corrected chi connectivity index (χ1v) is 6.62. The van der Waals surface area contributed by atoms with Crippen LogP contribution in [0.1, 0.15) is 47.0 Å². The maximum absolute atomic E-state index is 12.0. The first kappa shape index (κ1) is 14.5. The number of rotatable bonds is 4. The molecule has 1 aliphatic heterocycles. The van der Waals surface area contributed by atoms with Crippen molar-refractivity contribution in [2.45, 2.75) is 64.6 Å². The zero-order chi connectivity index (χ0) is 13.1. The van der Waals surface area contributed by atoms with Crippen LogP contribution in [0.5, 0.6) is 0 Å². The highest BCUT2D eigenvalue weighted by atomic mass is 16.3. The van der Waals surface area contributed by atoms with Crippen LogP contribution in [0.3, 0.4) is 0 Å². The van der Waals surface area contributed by atoms with Crippen molar-refractivity contribution >= 4 is 5.91 Å². The molecular weight excluding hydrogens is 216 g/mol. The maximum atomic E-state index is 12.0. The van der Waals surface area contributed by atoms with E-state index in [0.717, 1.165) is 32.4 Å².